The number of anilines is 2. The Morgan fingerprint density at radius 1 is 0.909 bits per heavy atom. The number of para-hydroxylation sites is 2. The maximum absolute atomic E-state index is 3.36. The minimum atomic E-state index is 1.07. The van der Waals surface area contributed by atoms with Gasteiger partial charge >= 0.3 is 0 Å². The van der Waals surface area contributed by atoms with Gasteiger partial charge < -0.3 is 10.6 Å². The molecule has 1 aromatic carbocycles. The first-order chi connectivity index (χ1) is 5.47. The van der Waals surface area contributed by atoms with Crippen molar-refractivity contribution in [3.8, 4) is 0 Å². The van der Waals surface area contributed by atoms with Crippen molar-refractivity contribution in [1.29, 1.82) is 0 Å². The smallest absolute Gasteiger partial charge is 0.0576 e. The highest BCUT2D eigenvalue weighted by molar-refractivity contribution is 5.69. The summed E-state index contributed by atoms with van der Waals surface area (Å²) in [6.45, 7) is 2.15. The van der Waals surface area contributed by atoms with Gasteiger partial charge in [-0.25, -0.2) is 0 Å². The van der Waals surface area contributed by atoms with Gasteiger partial charge in [-0.05, 0) is 18.6 Å². The lowest BCUT2D eigenvalue weighted by atomic mass is 10.3. The molecule has 2 nitrogen and oxygen atoms in total. The van der Waals surface area contributed by atoms with Gasteiger partial charge in [0.2, 0.25) is 0 Å². The average molecular weight is 148 g/mol. The Morgan fingerprint density at radius 2 is 1.45 bits per heavy atom. The molecule has 11 heavy (non-hydrogen) atoms. The van der Waals surface area contributed by atoms with Gasteiger partial charge in [0.05, 0.1) is 11.4 Å². The maximum Gasteiger partial charge on any atom is 0.0576 e. The van der Waals surface area contributed by atoms with Crippen LogP contribution in [-0.2, 0) is 0 Å². The lowest BCUT2D eigenvalue weighted by molar-refractivity contribution is 0.928. The van der Waals surface area contributed by atoms with Crippen molar-refractivity contribution in [3.63, 3.8) is 0 Å². The number of hydrogen-bond acceptors (Lipinski definition) is 2. The molecule has 0 bridgehead atoms. The lowest BCUT2D eigenvalue weighted by Gasteiger charge is -2.06. The van der Waals surface area contributed by atoms with Gasteiger partial charge in [0, 0.05) is 13.1 Å². The monoisotopic (exact) mass is 148 g/mol. The minimum absolute atomic E-state index is 1.07. The Hall–Kier alpha value is -1.18. The first-order valence-electron chi connectivity index (χ1n) is 4.03. The Balaban J connectivity index is 2.33. The molecular formula is C9H12N2. The van der Waals surface area contributed by atoms with Crippen LogP contribution in [-0.4, -0.2) is 13.1 Å². The summed E-state index contributed by atoms with van der Waals surface area (Å²) in [5.74, 6) is 0. The summed E-state index contributed by atoms with van der Waals surface area (Å²) in [4.78, 5) is 0. The molecule has 0 amide bonds. The van der Waals surface area contributed by atoms with Crippen molar-refractivity contribution >= 4 is 11.4 Å². The van der Waals surface area contributed by atoms with E-state index in [1.165, 1.54) is 17.8 Å². The molecule has 1 aromatic rings. The van der Waals surface area contributed by atoms with E-state index in [0.29, 0.717) is 0 Å². The van der Waals surface area contributed by atoms with E-state index in [1.807, 2.05) is 0 Å². The van der Waals surface area contributed by atoms with Crippen LogP contribution in [0.15, 0.2) is 24.3 Å². The van der Waals surface area contributed by atoms with Crippen molar-refractivity contribution in [2.24, 2.45) is 0 Å². The number of rotatable bonds is 0. The third kappa shape index (κ3) is 1.29. The van der Waals surface area contributed by atoms with Crippen molar-refractivity contribution in [2.45, 2.75) is 6.42 Å². The summed E-state index contributed by atoms with van der Waals surface area (Å²) in [6.07, 6.45) is 1.19. The predicted octanol–water partition coefficient (Wildman–Crippen LogP) is 1.91. The van der Waals surface area contributed by atoms with Gasteiger partial charge in [0.15, 0.2) is 0 Å². The molecule has 0 aliphatic carbocycles. The van der Waals surface area contributed by atoms with Gasteiger partial charge in [-0.15, -0.1) is 0 Å². The molecule has 58 valence electrons. The van der Waals surface area contributed by atoms with Gasteiger partial charge in [-0.3, -0.25) is 0 Å². The lowest BCUT2D eigenvalue weighted by Crippen LogP contribution is -2.00. The van der Waals surface area contributed by atoms with Crippen molar-refractivity contribution in [1.82, 2.24) is 0 Å². The molecule has 0 saturated carbocycles. The molecule has 0 unspecified atom stereocenters. The van der Waals surface area contributed by atoms with Crippen molar-refractivity contribution in [2.75, 3.05) is 23.7 Å². The number of fused-ring (bicyclic) bond motifs is 1. The summed E-state index contributed by atoms with van der Waals surface area (Å²) in [5, 5.41) is 6.73. The quantitative estimate of drug-likeness (QED) is 0.587. The largest absolute Gasteiger partial charge is 0.383 e. The van der Waals surface area contributed by atoms with Crippen LogP contribution in [0.1, 0.15) is 6.42 Å². The molecule has 2 N–H and O–H groups in total. The number of hydrogen-bond donors (Lipinski definition) is 2. The second-order valence-corrected chi connectivity index (χ2v) is 2.75. The Morgan fingerprint density at radius 3 is 2.00 bits per heavy atom. The van der Waals surface area contributed by atoms with Crippen molar-refractivity contribution < 1.29 is 0 Å². The third-order valence-corrected chi connectivity index (χ3v) is 1.91. The van der Waals surface area contributed by atoms with Crippen LogP contribution in [0.5, 0.6) is 0 Å². The SMILES string of the molecule is c1ccc2c(c1)NCCCN2. The Bertz CT molecular complexity index is 220. The molecule has 2 heteroatoms. The fourth-order valence-corrected chi connectivity index (χ4v) is 1.33. The van der Waals surface area contributed by atoms with E-state index in [0.717, 1.165) is 13.1 Å². The first kappa shape index (κ1) is 6.53. The fraction of sp³-hybridized carbons (Fsp3) is 0.333. The highest BCUT2D eigenvalue weighted by atomic mass is 15.0. The minimum Gasteiger partial charge on any atom is -0.383 e. The fourth-order valence-electron chi connectivity index (χ4n) is 1.33. The average Bonchev–Trinajstić information content (AvgIpc) is 2.28. The van der Waals surface area contributed by atoms with Crippen LogP contribution >= 0.6 is 0 Å². The van der Waals surface area contributed by atoms with Crippen LogP contribution in [0.4, 0.5) is 11.4 Å². The van der Waals surface area contributed by atoms with E-state index < -0.39 is 0 Å². The summed E-state index contributed by atoms with van der Waals surface area (Å²) in [5.41, 5.74) is 2.45. The molecule has 0 radical (unpaired) electrons. The predicted molar refractivity (Wildman–Crippen MR) is 48.0 cm³/mol. The van der Waals surface area contributed by atoms with E-state index in [1.54, 1.807) is 0 Å². The molecule has 0 spiro atoms. The Kier molecular flexibility index (Phi) is 1.68. The Labute approximate surface area is 66.6 Å². The molecule has 1 aliphatic rings. The zero-order chi connectivity index (χ0) is 7.52. The van der Waals surface area contributed by atoms with Crippen LogP contribution in [0, 0.1) is 0 Å². The van der Waals surface area contributed by atoms with Crippen molar-refractivity contribution in [3.05, 3.63) is 24.3 Å². The standard InChI is InChI=1S/C9H12N2/c1-2-5-9-8(4-1)10-6-3-7-11-9/h1-2,4-5,10-11H,3,6-7H2. The van der Waals surface area contributed by atoms with Crippen LogP contribution in [0.2, 0.25) is 0 Å². The summed E-state index contributed by atoms with van der Waals surface area (Å²) < 4.78 is 0. The van der Waals surface area contributed by atoms with E-state index in [9.17, 15) is 0 Å². The maximum atomic E-state index is 3.36. The summed E-state index contributed by atoms with van der Waals surface area (Å²) in [6, 6.07) is 8.32. The molecule has 0 fully saturated rings. The van der Waals surface area contributed by atoms with Gasteiger partial charge in [-0.1, -0.05) is 12.1 Å². The molecular weight excluding hydrogens is 136 g/mol. The molecule has 0 saturated heterocycles. The number of benzene rings is 1. The summed E-state index contributed by atoms with van der Waals surface area (Å²) in [7, 11) is 0. The second-order valence-electron chi connectivity index (χ2n) is 2.75. The van der Waals surface area contributed by atoms with E-state index in [4.69, 9.17) is 0 Å². The number of nitrogens with one attached hydrogen (secondary N) is 2. The zero-order valence-electron chi connectivity index (χ0n) is 6.43. The van der Waals surface area contributed by atoms with Gasteiger partial charge in [-0.2, -0.15) is 0 Å². The molecule has 0 atom stereocenters. The van der Waals surface area contributed by atoms with Gasteiger partial charge in [0.25, 0.3) is 0 Å². The molecule has 2 rings (SSSR count). The topological polar surface area (TPSA) is 24.1 Å². The highest BCUT2D eigenvalue weighted by Gasteiger charge is 2.02. The molecule has 0 aromatic heterocycles. The highest BCUT2D eigenvalue weighted by Crippen LogP contribution is 2.22. The van der Waals surface area contributed by atoms with E-state index >= 15 is 0 Å². The van der Waals surface area contributed by atoms with E-state index in [-0.39, 0.29) is 0 Å². The molecule has 1 heterocycles. The van der Waals surface area contributed by atoms with Crippen LogP contribution in [0.25, 0.3) is 0 Å². The second kappa shape index (κ2) is 2.82. The van der Waals surface area contributed by atoms with Gasteiger partial charge in [0.1, 0.15) is 0 Å². The van der Waals surface area contributed by atoms with E-state index in [2.05, 4.69) is 34.9 Å². The normalized spacial score (nSPS) is 15.6. The van der Waals surface area contributed by atoms with Crippen LogP contribution in [0.3, 0.4) is 0 Å². The summed E-state index contributed by atoms with van der Waals surface area (Å²) >= 11 is 0. The zero-order valence-corrected chi connectivity index (χ0v) is 6.43. The van der Waals surface area contributed by atoms with Crippen LogP contribution < -0.4 is 10.6 Å². The molecule has 1 aliphatic heterocycles. The third-order valence-electron chi connectivity index (χ3n) is 1.91. The first-order valence-corrected chi connectivity index (χ1v) is 4.03.